The Morgan fingerprint density at radius 2 is 1.50 bits per heavy atom. The molecule has 100 valence electrons. The summed E-state index contributed by atoms with van der Waals surface area (Å²) in [5, 5.41) is 9.01. The zero-order valence-corrected chi connectivity index (χ0v) is 11.3. The third-order valence-corrected chi connectivity index (χ3v) is 3.62. The van der Waals surface area contributed by atoms with Crippen LogP contribution < -0.4 is 0 Å². The molecule has 1 aliphatic heterocycles. The smallest absolute Gasteiger partial charge is 0.0681 e. The average Bonchev–Trinajstić information content (AvgIpc) is 2.42. The molecule has 1 saturated heterocycles. The third kappa shape index (κ3) is 3.80. The Kier molecular flexibility index (Phi) is 5.17. The molecule has 18 heavy (non-hydrogen) atoms. The minimum absolute atomic E-state index is 0.135. The van der Waals surface area contributed by atoms with Crippen molar-refractivity contribution in [1.82, 2.24) is 9.80 Å². The van der Waals surface area contributed by atoms with Crippen LogP contribution >= 0.6 is 0 Å². The fraction of sp³-hybridized carbons (Fsp3) is 0.600. The van der Waals surface area contributed by atoms with Crippen LogP contribution in [0.4, 0.5) is 0 Å². The SMILES string of the molecule is CCCN1CCN(Cc2ccc(CO)cc2)CC1. The van der Waals surface area contributed by atoms with Crippen molar-refractivity contribution >= 4 is 0 Å². The van der Waals surface area contributed by atoms with E-state index in [1.165, 1.54) is 44.7 Å². The molecule has 0 radical (unpaired) electrons. The van der Waals surface area contributed by atoms with E-state index in [1.807, 2.05) is 12.1 Å². The van der Waals surface area contributed by atoms with E-state index < -0.39 is 0 Å². The number of nitrogens with zero attached hydrogens (tertiary/aromatic N) is 2. The predicted molar refractivity (Wildman–Crippen MR) is 74.4 cm³/mol. The summed E-state index contributed by atoms with van der Waals surface area (Å²) in [5.41, 5.74) is 2.34. The molecular weight excluding hydrogens is 224 g/mol. The molecule has 3 nitrogen and oxygen atoms in total. The fourth-order valence-electron chi connectivity index (χ4n) is 2.50. The van der Waals surface area contributed by atoms with Gasteiger partial charge in [-0.2, -0.15) is 0 Å². The Hall–Kier alpha value is -0.900. The van der Waals surface area contributed by atoms with Crippen LogP contribution in [0.1, 0.15) is 24.5 Å². The van der Waals surface area contributed by atoms with Crippen molar-refractivity contribution in [3.8, 4) is 0 Å². The summed E-state index contributed by atoms with van der Waals surface area (Å²) in [5.74, 6) is 0. The highest BCUT2D eigenvalue weighted by molar-refractivity contribution is 5.21. The lowest BCUT2D eigenvalue weighted by molar-refractivity contribution is 0.127. The van der Waals surface area contributed by atoms with E-state index in [2.05, 4.69) is 28.9 Å². The van der Waals surface area contributed by atoms with Crippen LogP contribution in [0, 0.1) is 0 Å². The van der Waals surface area contributed by atoms with Gasteiger partial charge >= 0.3 is 0 Å². The fourth-order valence-corrected chi connectivity index (χ4v) is 2.50. The molecule has 1 aliphatic rings. The van der Waals surface area contributed by atoms with Gasteiger partial charge in [0.2, 0.25) is 0 Å². The first-order chi connectivity index (χ1) is 8.81. The summed E-state index contributed by atoms with van der Waals surface area (Å²) in [6.45, 7) is 9.38. The standard InChI is InChI=1S/C15H24N2O/c1-2-7-16-8-10-17(11-9-16)12-14-3-5-15(13-18)6-4-14/h3-6,18H,2,7-13H2,1H3. The maximum Gasteiger partial charge on any atom is 0.0681 e. The van der Waals surface area contributed by atoms with Gasteiger partial charge in [0.25, 0.3) is 0 Å². The highest BCUT2D eigenvalue weighted by Crippen LogP contribution is 2.10. The molecule has 3 heteroatoms. The quantitative estimate of drug-likeness (QED) is 0.859. The minimum Gasteiger partial charge on any atom is -0.392 e. The van der Waals surface area contributed by atoms with Gasteiger partial charge in [0.05, 0.1) is 6.61 Å². The highest BCUT2D eigenvalue weighted by Gasteiger charge is 2.15. The van der Waals surface area contributed by atoms with Crippen molar-refractivity contribution in [2.24, 2.45) is 0 Å². The van der Waals surface area contributed by atoms with E-state index >= 15 is 0 Å². The van der Waals surface area contributed by atoms with E-state index in [4.69, 9.17) is 5.11 Å². The largest absolute Gasteiger partial charge is 0.392 e. The van der Waals surface area contributed by atoms with Crippen molar-refractivity contribution in [3.63, 3.8) is 0 Å². The first kappa shape index (κ1) is 13.5. The van der Waals surface area contributed by atoms with Crippen LogP contribution in [0.2, 0.25) is 0 Å². The molecule has 0 amide bonds. The summed E-state index contributed by atoms with van der Waals surface area (Å²) in [7, 11) is 0. The zero-order valence-electron chi connectivity index (χ0n) is 11.3. The van der Waals surface area contributed by atoms with Gasteiger partial charge in [0, 0.05) is 32.7 Å². The molecule has 1 aromatic carbocycles. The summed E-state index contributed by atoms with van der Waals surface area (Å²) in [6.07, 6.45) is 1.25. The Morgan fingerprint density at radius 1 is 0.944 bits per heavy atom. The first-order valence-electron chi connectivity index (χ1n) is 6.95. The van der Waals surface area contributed by atoms with E-state index in [1.54, 1.807) is 0 Å². The van der Waals surface area contributed by atoms with Gasteiger partial charge in [-0.15, -0.1) is 0 Å². The monoisotopic (exact) mass is 248 g/mol. The molecule has 1 aromatic rings. The molecule has 0 atom stereocenters. The van der Waals surface area contributed by atoms with Crippen LogP contribution in [0.15, 0.2) is 24.3 Å². The van der Waals surface area contributed by atoms with Crippen LogP contribution in [-0.2, 0) is 13.2 Å². The van der Waals surface area contributed by atoms with Crippen LogP contribution in [0.25, 0.3) is 0 Å². The van der Waals surface area contributed by atoms with Crippen molar-refractivity contribution in [1.29, 1.82) is 0 Å². The van der Waals surface area contributed by atoms with E-state index in [9.17, 15) is 0 Å². The van der Waals surface area contributed by atoms with E-state index in [0.717, 1.165) is 12.1 Å². The van der Waals surface area contributed by atoms with Crippen LogP contribution in [0.5, 0.6) is 0 Å². The van der Waals surface area contributed by atoms with Gasteiger partial charge < -0.3 is 10.0 Å². The Bertz CT molecular complexity index is 342. The molecular formula is C15H24N2O. The number of rotatable bonds is 5. The number of benzene rings is 1. The van der Waals surface area contributed by atoms with E-state index in [-0.39, 0.29) is 6.61 Å². The molecule has 0 saturated carbocycles. The van der Waals surface area contributed by atoms with Crippen LogP contribution in [0.3, 0.4) is 0 Å². The second kappa shape index (κ2) is 6.88. The summed E-state index contributed by atoms with van der Waals surface area (Å²) < 4.78 is 0. The van der Waals surface area contributed by atoms with Gasteiger partial charge in [0.1, 0.15) is 0 Å². The lowest BCUT2D eigenvalue weighted by atomic mass is 10.1. The molecule has 0 aromatic heterocycles. The Labute approximate surface area is 110 Å². The number of aliphatic hydroxyl groups excluding tert-OH is 1. The van der Waals surface area contributed by atoms with Crippen LogP contribution in [-0.4, -0.2) is 47.6 Å². The lowest BCUT2D eigenvalue weighted by Gasteiger charge is -2.34. The maximum atomic E-state index is 9.01. The zero-order chi connectivity index (χ0) is 12.8. The number of hydrogen-bond donors (Lipinski definition) is 1. The van der Waals surface area contributed by atoms with Gasteiger partial charge in [-0.05, 0) is 24.1 Å². The predicted octanol–water partition coefficient (Wildman–Crippen LogP) is 1.71. The summed E-state index contributed by atoms with van der Waals surface area (Å²) in [4.78, 5) is 5.06. The lowest BCUT2D eigenvalue weighted by Crippen LogP contribution is -2.45. The van der Waals surface area contributed by atoms with Crippen molar-refractivity contribution in [2.75, 3.05) is 32.7 Å². The highest BCUT2D eigenvalue weighted by atomic mass is 16.3. The van der Waals surface area contributed by atoms with E-state index in [0.29, 0.717) is 0 Å². The number of hydrogen-bond acceptors (Lipinski definition) is 3. The molecule has 0 aliphatic carbocycles. The second-order valence-corrected chi connectivity index (χ2v) is 5.09. The van der Waals surface area contributed by atoms with Crippen molar-refractivity contribution in [2.45, 2.75) is 26.5 Å². The average molecular weight is 248 g/mol. The molecule has 1 fully saturated rings. The minimum atomic E-state index is 0.135. The summed E-state index contributed by atoms with van der Waals surface area (Å²) >= 11 is 0. The molecule has 1 heterocycles. The molecule has 0 unspecified atom stereocenters. The second-order valence-electron chi connectivity index (χ2n) is 5.09. The van der Waals surface area contributed by atoms with Gasteiger partial charge in [-0.3, -0.25) is 4.90 Å². The Morgan fingerprint density at radius 3 is 2.06 bits per heavy atom. The van der Waals surface area contributed by atoms with Crippen molar-refractivity contribution in [3.05, 3.63) is 35.4 Å². The first-order valence-corrected chi connectivity index (χ1v) is 6.95. The molecule has 0 bridgehead atoms. The summed E-state index contributed by atoms with van der Waals surface area (Å²) in [6, 6.07) is 8.29. The maximum absolute atomic E-state index is 9.01. The normalized spacial score (nSPS) is 18.1. The van der Waals surface area contributed by atoms with Gasteiger partial charge in [-0.25, -0.2) is 0 Å². The van der Waals surface area contributed by atoms with Crippen molar-refractivity contribution < 1.29 is 5.11 Å². The topological polar surface area (TPSA) is 26.7 Å². The molecule has 2 rings (SSSR count). The molecule has 0 spiro atoms. The Balaban J connectivity index is 1.80. The number of piperazine rings is 1. The van der Waals surface area contributed by atoms with Gasteiger partial charge in [0.15, 0.2) is 0 Å². The number of aliphatic hydroxyl groups is 1. The molecule has 1 N–H and O–H groups in total. The van der Waals surface area contributed by atoms with Gasteiger partial charge in [-0.1, -0.05) is 31.2 Å². The third-order valence-electron chi connectivity index (χ3n) is 3.62.